The summed E-state index contributed by atoms with van der Waals surface area (Å²) in [4.78, 5) is 3.41. The first kappa shape index (κ1) is 8.14. The summed E-state index contributed by atoms with van der Waals surface area (Å²) in [6.45, 7) is 1.86. The van der Waals surface area contributed by atoms with Crippen LogP contribution in [-0.4, -0.2) is 16.7 Å². The van der Waals surface area contributed by atoms with Crippen LogP contribution in [0.3, 0.4) is 0 Å². The predicted molar refractivity (Wildman–Crippen MR) is 39.7 cm³/mol. The van der Waals surface area contributed by atoms with Gasteiger partial charge in [-0.15, -0.1) is 0 Å². The summed E-state index contributed by atoms with van der Waals surface area (Å²) in [6.07, 6.45) is 1.40. The topological polar surface area (TPSA) is 33.1 Å². The molecule has 0 spiro atoms. The highest BCUT2D eigenvalue weighted by Crippen LogP contribution is 2.13. The first-order valence-electron chi connectivity index (χ1n) is 3.46. The summed E-state index contributed by atoms with van der Waals surface area (Å²) < 4.78 is 12.5. The highest BCUT2D eigenvalue weighted by atomic mass is 19.1. The maximum atomic E-state index is 12.5. The van der Waals surface area contributed by atoms with E-state index in [4.69, 9.17) is 5.11 Å². The second-order valence-corrected chi connectivity index (χ2v) is 2.50. The zero-order valence-corrected chi connectivity index (χ0v) is 6.29. The number of aliphatic hydroxyl groups is 1. The molecule has 1 N–H and O–H groups in total. The van der Waals surface area contributed by atoms with Crippen LogP contribution in [0.2, 0.25) is 0 Å². The van der Waals surface area contributed by atoms with Gasteiger partial charge >= 0.3 is 0 Å². The molecule has 0 fully saturated rings. The Morgan fingerprint density at radius 1 is 1.73 bits per heavy atom. The van der Waals surface area contributed by atoms with Crippen molar-refractivity contribution in [2.75, 3.05) is 6.61 Å². The molecule has 0 radical (unpaired) electrons. The van der Waals surface area contributed by atoms with Gasteiger partial charge in [0.1, 0.15) is 0 Å². The number of aromatic nitrogens is 1. The van der Waals surface area contributed by atoms with Crippen molar-refractivity contribution in [3.63, 3.8) is 0 Å². The summed E-state index contributed by atoms with van der Waals surface area (Å²) in [6, 6.07) is 3.03. The zero-order valence-electron chi connectivity index (χ0n) is 6.29. The van der Waals surface area contributed by atoms with Gasteiger partial charge in [-0.2, -0.15) is 4.39 Å². The van der Waals surface area contributed by atoms with E-state index in [1.165, 1.54) is 12.3 Å². The Morgan fingerprint density at radius 3 is 3.00 bits per heavy atom. The highest BCUT2D eigenvalue weighted by Gasteiger charge is 2.03. The molecule has 0 aliphatic heterocycles. The van der Waals surface area contributed by atoms with Crippen LogP contribution in [0.25, 0.3) is 0 Å². The monoisotopic (exact) mass is 155 g/mol. The summed E-state index contributed by atoms with van der Waals surface area (Å²) >= 11 is 0. The van der Waals surface area contributed by atoms with Crippen LogP contribution < -0.4 is 0 Å². The fourth-order valence-electron chi connectivity index (χ4n) is 0.829. The Labute approximate surface area is 64.7 Å². The number of halogens is 1. The van der Waals surface area contributed by atoms with Crippen molar-refractivity contribution in [3.05, 3.63) is 29.8 Å². The molecule has 0 aromatic carbocycles. The molecule has 1 heterocycles. The second-order valence-electron chi connectivity index (χ2n) is 2.50. The quantitative estimate of drug-likeness (QED) is 0.653. The number of nitrogens with zero attached hydrogens (tertiary/aromatic N) is 1. The lowest BCUT2D eigenvalue weighted by Crippen LogP contribution is -1.99. The van der Waals surface area contributed by atoms with Gasteiger partial charge in [0, 0.05) is 18.7 Å². The van der Waals surface area contributed by atoms with E-state index in [1.54, 1.807) is 6.07 Å². The number of aliphatic hydroxyl groups excluding tert-OH is 1. The molecule has 0 bridgehead atoms. The SMILES string of the molecule is CC(CO)c1ccnc(F)c1. The molecule has 2 nitrogen and oxygen atoms in total. The maximum Gasteiger partial charge on any atom is 0.213 e. The standard InChI is InChI=1S/C8H10FNO/c1-6(5-11)7-2-3-10-8(9)4-7/h2-4,6,11H,5H2,1H3. The Kier molecular flexibility index (Phi) is 2.54. The highest BCUT2D eigenvalue weighted by molar-refractivity contribution is 5.15. The molecule has 1 aromatic heterocycles. The van der Waals surface area contributed by atoms with Gasteiger partial charge in [0.15, 0.2) is 0 Å². The second kappa shape index (κ2) is 3.44. The van der Waals surface area contributed by atoms with Gasteiger partial charge in [0.2, 0.25) is 5.95 Å². The van der Waals surface area contributed by atoms with E-state index in [1.807, 2.05) is 6.92 Å². The molecule has 0 aliphatic carbocycles. The van der Waals surface area contributed by atoms with Crippen LogP contribution in [0.4, 0.5) is 4.39 Å². The van der Waals surface area contributed by atoms with E-state index in [2.05, 4.69) is 4.98 Å². The third-order valence-corrected chi connectivity index (χ3v) is 1.59. The Hall–Kier alpha value is -0.960. The molecular weight excluding hydrogens is 145 g/mol. The minimum atomic E-state index is -0.497. The molecule has 0 amide bonds. The Bertz CT molecular complexity index is 239. The fraction of sp³-hybridized carbons (Fsp3) is 0.375. The number of pyridine rings is 1. The molecule has 60 valence electrons. The molecule has 0 saturated carbocycles. The fourth-order valence-corrected chi connectivity index (χ4v) is 0.829. The summed E-state index contributed by atoms with van der Waals surface area (Å²) in [5.41, 5.74) is 0.778. The van der Waals surface area contributed by atoms with Gasteiger partial charge in [-0.05, 0) is 17.7 Å². The molecule has 0 aliphatic rings. The van der Waals surface area contributed by atoms with E-state index < -0.39 is 5.95 Å². The van der Waals surface area contributed by atoms with E-state index in [0.717, 1.165) is 5.56 Å². The summed E-state index contributed by atoms with van der Waals surface area (Å²) in [5.74, 6) is -0.518. The summed E-state index contributed by atoms with van der Waals surface area (Å²) in [7, 11) is 0. The molecule has 1 atom stereocenters. The molecule has 1 aromatic rings. The largest absolute Gasteiger partial charge is 0.396 e. The predicted octanol–water partition coefficient (Wildman–Crippen LogP) is 1.32. The van der Waals surface area contributed by atoms with E-state index in [-0.39, 0.29) is 12.5 Å². The lowest BCUT2D eigenvalue weighted by Gasteiger charge is -2.06. The van der Waals surface area contributed by atoms with E-state index >= 15 is 0 Å². The normalized spacial score (nSPS) is 13.0. The van der Waals surface area contributed by atoms with Crippen molar-refractivity contribution in [2.24, 2.45) is 0 Å². The Morgan fingerprint density at radius 2 is 2.45 bits per heavy atom. The molecule has 11 heavy (non-hydrogen) atoms. The van der Waals surface area contributed by atoms with E-state index in [9.17, 15) is 4.39 Å². The van der Waals surface area contributed by atoms with Gasteiger partial charge in [-0.1, -0.05) is 6.92 Å². The van der Waals surface area contributed by atoms with Crippen LogP contribution in [-0.2, 0) is 0 Å². The third-order valence-electron chi connectivity index (χ3n) is 1.59. The minimum Gasteiger partial charge on any atom is -0.396 e. The molecule has 1 rings (SSSR count). The lowest BCUT2D eigenvalue weighted by atomic mass is 10.0. The van der Waals surface area contributed by atoms with Crippen molar-refractivity contribution in [1.82, 2.24) is 4.98 Å². The molecular formula is C8H10FNO. The lowest BCUT2D eigenvalue weighted by molar-refractivity contribution is 0.272. The van der Waals surface area contributed by atoms with Crippen LogP contribution in [0.1, 0.15) is 18.4 Å². The third kappa shape index (κ3) is 1.98. The van der Waals surface area contributed by atoms with Crippen molar-refractivity contribution in [3.8, 4) is 0 Å². The number of hydrogen-bond donors (Lipinski definition) is 1. The first-order chi connectivity index (χ1) is 5.24. The number of rotatable bonds is 2. The van der Waals surface area contributed by atoms with Crippen molar-refractivity contribution in [1.29, 1.82) is 0 Å². The van der Waals surface area contributed by atoms with Crippen LogP contribution in [0.15, 0.2) is 18.3 Å². The number of hydrogen-bond acceptors (Lipinski definition) is 2. The molecule has 0 saturated heterocycles. The molecule has 1 unspecified atom stereocenters. The average molecular weight is 155 g/mol. The average Bonchev–Trinajstić information content (AvgIpc) is 2.03. The van der Waals surface area contributed by atoms with Crippen LogP contribution in [0, 0.1) is 5.95 Å². The summed E-state index contributed by atoms with van der Waals surface area (Å²) in [5, 5.41) is 8.74. The molecule has 3 heteroatoms. The first-order valence-corrected chi connectivity index (χ1v) is 3.46. The van der Waals surface area contributed by atoms with Gasteiger partial charge in [-0.3, -0.25) is 0 Å². The zero-order chi connectivity index (χ0) is 8.27. The van der Waals surface area contributed by atoms with Gasteiger partial charge < -0.3 is 5.11 Å². The van der Waals surface area contributed by atoms with Crippen LogP contribution >= 0.6 is 0 Å². The van der Waals surface area contributed by atoms with E-state index in [0.29, 0.717) is 0 Å². The van der Waals surface area contributed by atoms with Gasteiger partial charge in [-0.25, -0.2) is 4.98 Å². The van der Waals surface area contributed by atoms with Crippen LogP contribution in [0.5, 0.6) is 0 Å². The van der Waals surface area contributed by atoms with Crippen molar-refractivity contribution in [2.45, 2.75) is 12.8 Å². The van der Waals surface area contributed by atoms with Gasteiger partial charge in [0.05, 0.1) is 0 Å². The Balaban J connectivity index is 2.86. The van der Waals surface area contributed by atoms with Crippen molar-refractivity contribution >= 4 is 0 Å². The van der Waals surface area contributed by atoms with Crippen molar-refractivity contribution < 1.29 is 9.50 Å². The smallest absolute Gasteiger partial charge is 0.213 e. The van der Waals surface area contributed by atoms with Gasteiger partial charge in [0.25, 0.3) is 0 Å². The maximum absolute atomic E-state index is 12.5. The minimum absolute atomic E-state index is 0.0208.